The first-order valence-corrected chi connectivity index (χ1v) is 16.6. The topological polar surface area (TPSA) is 29.5 Å². The summed E-state index contributed by atoms with van der Waals surface area (Å²) in [5.41, 5.74) is 11.3. The summed E-state index contributed by atoms with van der Waals surface area (Å²) < 4.78 is 12.8. The molecule has 0 fully saturated rings. The van der Waals surface area contributed by atoms with Crippen molar-refractivity contribution in [2.45, 2.75) is 0 Å². The van der Waals surface area contributed by atoms with E-state index in [4.69, 9.17) is 8.83 Å². The van der Waals surface area contributed by atoms with Crippen LogP contribution in [0.3, 0.4) is 0 Å². The average Bonchev–Trinajstić information content (AvgIpc) is 3.74. The minimum Gasteiger partial charge on any atom is -0.456 e. The normalized spacial score (nSPS) is 11.7. The maximum Gasteiger partial charge on any atom is 0.137 e. The lowest BCUT2D eigenvalue weighted by atomic mass is 9.95. The number of anilines is 3. The van der Waals surface area contributed by atoms with Gasteiger partial charge in [-0.3, -0.25) is 0 Å². The average molecular weight is 628 g/mol. The lowest BCUT2D eigenvalue weighted by Gasteiger charge is -2.29. The maximum absolute atomic E-state index is 6.43. The van der Waals surface area contributed by atoms with Crippen LogP contribution in [0.25, 0.3) is 76.9 Å². The number of benzene rings is 8. The van der Waals surface area contributed by atoms with Gasteiger partial charge >= 0.3 is 0 Å². The molecule has 10 aromatic rings. The van der Waals surface area contributed by atoms with Crippen molar-refractivity contribution in [3.8, 4) is 22.3 Å². The molecule has 0 bridgehead atoms. The zero-order valence-electron chi connectivity index (χ0n) is 26.5. The maximum atomic E-state index is 6.43. The first-order valence-electron chi connectivity index (χ1n) is 16.6. The molecule has 0 atom stereocenters. The molecular formula is C46H29NO2. The van der Waals surface area contributed by atoms with Gasteiger partial charge in [-0.05, 0) is 76.0 Å². The molecule has 8 aromatic carbocycles. The summed E-state index contributed by atoms with van der Waals surface area (Å²) in [5.74, 6) is 0. The molecule has 0 unspecified atom stereocenters. The highest BCUT2D eigenvalue weighted by Gasteiger charge is 2.23. The van der Waals surface area contributed by atoms with Gasteiger partial charge < -0.3 is 13.7 Å². The fraction of sp³-hybridized carbons (Fsp3) is 0. The molecule has 230 valence electrons. The third-order valence-corrected chi connectivity index (χ3v) is 9.66. The van der Waals surface area contributed by atoms with Crippen molar-refractivity contribution in [3.63, 3.8) is 0 Å². The summed E-state index contributed by atoms with van der Waals surface area (Å²) >= 11 is 0. The molecule has 10 rings (SSSR count). The van der Waals surface area contributed by atoms with Crippen molar-refractivity contribution in [1.82, 2.24) is 0 Å². The van der Waals surface area contributed by atoms with E-state index in [1.54, 1.807) is 0 Å². The number of para-hydroxylation sites is 3. The summed E-state index contributed by atoms with van der Waals surface area (Å²) in [6, 6.07) is 62.1. The first kappa shape index (κ1) is 27.5. The number of hydrogen-bond acceptors (Lipinski definition) is 3. The zero-order chi connectivity index (χ0) is 32.3. The molecule has 0 aliphatic rings. The number of nitrogens with zero attached hydrogens (tertiary/aromatic N) is 1. The van der Waals surface area contributed by atoms with Gasteiger partial charge in [-0.2, -0.15) is 0 Å². The SMILES string of the molecule is c1cc(-c2cccc3ccccc23)cc(N(c2ccccc2-c2cccc3oc4ccccc4c23)c2cccc3oc4ccccc4c23)c1. The van der Waals surface area contributed by atoms with E-state index in [0.29, 0.717) is 0 Å². The third kappa shape index (κ3) is 4.37. The first-order chi connectivity index (χ1) is 24.3. The second kappa shape index (κ2) is 11.0. The number of rotatable bonds is 5. The van der Waals surface area contributed by atoms with Crippen LogP contribution in [0.2, 0.25) is 0 Å². The van der Waals surface area contributed by atoms with Gasteiger partial charge in [-0.25, -0.2) is 0 Å². The van der Waals surface area contributed by atoms with E-state index in [1.807, 2.05) is 24.3 Å². The molecule has 3 nitrogen and oxygen atoms in total. The summed E-state index contributed by atoms with van der Waals surface area (Å²) in [7, 11) is 0. The van der Waals surface area contributed by atoms with Crippen LogP contribution in [-0.2, 0) is 0 Å². The van der Waals surface area contributed by atoms with Crippen molar-refractivity contribution >= 4 is 71.7 Å². The van der Waals surface area contributed by atoms with Crippen LogP contribution in [0.4, 0.5) is 17.1 Å². The number of fused-ring (bicyclic) bond motifs is 7. The Labute approximate surface area is 282 Å². The minimum absolute atomic E-state index is 0.856. The van der Waals surface area contributed by atoms with Gasteiger partial charge in [0.25, 0.3) is 0 Å². The fourth-order valence-electron chi connectivity index (χ4n) is 7.54. The Hall–Kier alpha value is -6.58. The summed E-state index contributed by atoms with van der Waals surface area (Å²) in [5, 5.41) is 6.84. The lowest BCUT2D eigenvalue weighted by Crippen LogP contribution is -2.11. The van der Waals surface area contributed by atoms with Crippen molar-refractivity contribution in [2.75, 3.05) is 4.90 Å². The Morgan fingerprint density at radius 2 is 0.878 bits per heavy atom. The van der Waals surface area contributed by atoms with Gasteiger partial charge in [0, 0.05) is 27.4 Å². The van der Waals surface area contributed by atoms with Crippen molar-refractivity contribution in [2.24, 2.45) is 0 Å². The molecule has 0 radical (unpaired) electrons. The minimum atomic E-state index is 0.856. The molecule has 0 aliphatic carbocycles. The zero-order valence-corrected chi connectivity index (χ0v) is 26.5. The highest BCUT2D eigenvalue weighted by Crippen LogP contribution is 2.48. The van der Waals surface area contributed by atoms with E-state index in [0.717, 1.165) is 77.6 Å². The monoisotopic (exact) mass is 627 g/mol. The standard InChI is InChI=1S/C46H29NO2/c1-2-17-33-30(13-1)14-10-21-34(33)31-15-9-16-32(29-31)47(40-24-12-28-44-46(40)38-20-5-8-26-42(38)49-44)39-23-6-3-18-35(39)36-22-11-27-43-45(36)37-19-4-7-25-41(37)48-43/h1-29H. The van der Waals surface area contributed by atoms with E-state index in [2.05, 4.69) is 157 Å². The van der Waals surface area contributed by atoms with Crippen LogP contribution < -0.4 is 4.90 Å². The van der Waals surface area contributed by atoms with Crippen LogP contribution >= 0.6 is 0 Å². The van der Waals surface area contributed by atoms with E-state index in [1.165, 1.54) is 16.3 Å². The quantitative estimate of drug-likeness (QED) is 0.190. The molecule has 0 aliphatic heterocycles. The molecule has 0 saturated carbocycles. The molecular weight excluding hydrogens is 599 g/mol. The molecule has 0 saturated heterocycles. The van der Waals surface area contributed by atoms with Crippen LogP contribution in [-0.4, -0.2) is 0 Å². The molecule has 0 N–H and O–H groups in total. The number of furan rings is 2. The van der Waals surface area contributed by atoms with E-state index in [-0.39, 0.29) is 0 Å². The molecule has 2 aromatic heterocycles. The molecule has 0 amide bonds. The van der Waals surface area contributed by atoms with Gasteiger partial charge in [0.1, 0.15) is 22.3 Å². The van der Waals surface area contributed by atoms with Gasteiger partial charge in [0.2, 0.25) is 0 Å². The predicted molar refractivity (Wildman–Crippen MR) is 204 cm³/mol. The Kier molecular flexibility index (Phi) is 6.18. The van der Waals surface area contributed by atoms with Gasteiger partial charge in [-0.15, -0.1) is 0 Å². The molecule has 2 heterocycles. The van der Waals surface area contributed by atoms with E-state index < -0.39 is 0 Å². The third-order valence-electron chi connectivity index (χ3n) is 9.66. The van der Waals surface area contributed by atoms with Crippen LogP contribution in [0.1, 0.15) is 0 Å². The van der Waals surface area contributed by atoms with Crippen LogP contribution in [0.15, 0.2) is 185 Å². The molecule has 3 heteroatoms. The lowest BCUT2D eigenvalue weighted by molar-refractivity contribution is 0.668. The largest absolute Gasteiger partial charge is 0.456 e. The van der Waals surface area contributed by atoms with Crippen LogP contribution in [0.5, 0.6) is 0 Å². The Bertz CT molecular complexity index is 2850. The van der Waals surface area contributed by atoms with Gasteiger partial charge in [0.15, 0.2) is 0 Å². The Morgan fingerprint density at radius 3 is 1.71 bits per heavy atom. The highest BCUT2D eigenvalue weighted by molar-refractivity contribution is 6.16. The summed E-state index contributed by atoms with van der Waals surface area (Å²) in [4.78, 5) is 2.40. The summed E-state index contributed by atoms with van der Waals surface area (Å²) in [6.07, 6.45) is 0. The predicted octanol–water partition coefficient (Wildman–Crippen LogP) is 13.4. The fourth-order valence-corrected chi connectivity index (χ4v) is 7.54. The number of hydrogen-bond donors (Lipinski definition) is 0. The summed E-state index contributed by atoms with van der Waals surface area (Å²) in [6.45, 7) is 0. The van der Waals surface area contributed by atoms with Crippen molar-refractivity contribution < 1.29 is 8.83 Å². The van der Waals surface area contributed by atoms with E-state index in [9.17, 15) is 0 Å². The smallest absolute Gasteiger partial charge is 0.137 e. The second-order valence-electron chi connectivity index (χ2n) is 12.5. The second-order valence-corrected chi connectivity index (χ2v) is 12.5. The Balaban J connectivity index is 1.28. The van der Waals surface area contributed by atoms with Gasteiger partial charge in [0.05, 0.1) is 16.8 Å². The highest BCUT2D eigenvalue weighted by atomic mass is 16.3. The molecule has 49 heavy (non-hydrogen) atoms. The Morgan fingerprint density at radius 1 is 0.347 bits per heavy atom. The van der Waals surface area contributed by atoms with Gasteiger partial charge in [-0.1, -0.05) is 127 Å². The molecule has 0 spiro atoms. The van der Waals surface area contributed by atoms with Crippen molar-refractivity contribution in [3.05, 3.63) is 176 Å². The van der Waals surface area contributed by atoms with E-state index >= 15 is 0 Å². The van der Waals surface area contributed by atoms with Crippen LogP contribution in [0, 0.1) is 0 Å². The van der Waals surface area contributed by atoms with Crippen molar-refractivity contribution in [1.29, 1.82) is 0 Å².